The van der Waals surface area contributed by atoms with Crippen molar-refractivity contribution in [1.29, 1.82) is 0 Å². The summed E-state index contributed by atoms with van der Waals surface area (Å²) in [6, 6.07) is 0.536. The minimum atomic E-state index is -0.826. The third-order valence-electron chi connectivity index (χ3n) is 1.65. The Bertz CT molecular complexity index is 66.8. The summed E-state index contributed by atoms with van der Waals surface area (Å²) >= 11 is -0.826. The van der Waals surface area contributed by atoms with E-state index in [0.717, 1.165) is 0 Å². The van der Waals surface area contributed by atoms with Gasteiger partial charge in [-0.3, -0.25) is 0 Å². The van der Waals surface area contributed by atoms with Crippen LogP contribution in [0.4, 0.5) is 0 Å². The summed E-state index contributed by atoms with van der Waals surface area (Å²) in [7, 11) is 9.87. The van der Waals surface area contributed by atoms with E-state index in [1.165, 1.54) is 32.1 Å². The van der Waals surface area contributed by atoms with Crippen molar-refractivity contribution < 1.29 is 20.8 Å². The molecule has 1 nitrogen and oxygen atoms in total. The van der Waals surface area contributed by atoms with Gasteiger partial charge in [0.2, 0.25) is 0 Å². The Hall–Kier alpha value is 1.42. The number of nitrogens with two attached hydrogens (primary N) is 1. The molecule has 0 spiro atoms. The fourth-order valence-electron chi connectivity index (χ4n) is 1.13. The maximum absolute atomic E-state index is 5.63. The SMILES string of the molecule is NC1CCCCC1.[Cl][Zr][Cl]. The van der Waals surface area contributed by atoms with Gasteiger partial charge in [0.05, 0.1) is 0 Å². The Labute approximate surface area is 81.3 Å². The molecular formula is C6H13Cl2NZr. The first-order valence-corrected chi connectivity index (χ1v) is 9.86. The summed E-state index contributed by atoms with van der Waals surface area (Å²) < 4.78 is 0. The molecule has 60 valence electrons. The Balaban J connectivity index is 0.000000236. The van der Waals surface area contributed by atoms with E-state index in [-0.39, 0.29) is 0 Å². The molecule has 1 rings (SSSR count). The Kier molecular flexibility index (Phi) is 9.73. The number of rotatable bonds is 0. The van der Waals surface area contributed by atoms with E-state index in [1.807, 2.05) is 0 Å². The molecule has 0 atom stereocenters. The van der Waals surface area contributed by atoms with E-state index in [9.17, 15) is 0 Å². The van der Waals surface area contributed by atoms with Crippen molar-refractivity contribution in [3.8, 4) is 0 Å². The average molecular weight is 261 g/mol. The molecule has 10 heavy (non-hydrogen) atoms. The summed E-state index contributed by atoms with van der Waals surface area (Å²) in [5.41, 5.74) is 5.63. The van der Waals surface area contributed by atoms with E-state index in [4.69, 9.17) is 22.8 Å². The van der Waals surface area contributed by atoms with Crippen LogP contribution in [-0.2, 0) is 20.8 Å². The van der Waals surface area contributed by atoms with E-state index < -0.39 is 20.8 Å². The molecule has 0 amide bonds. The quantitative estimate of drug-likeness (QED) is 0.713. The number of hydrogen-bond donors (Lipinski definition) is 1. The van der Waals surface area contributed by atoms with Crippen LogP contribution < -0.4 is 5.73 Å². The van der Waals surface area contributed by atoms with Crippen molar-refractivity contribution in [1.82, 2.24) is 0 Å². The van der Waals surface area contributed by atoms with Gasteiger partial charge < -0.3 is 5.73 Å². The zero-order chi connectivity index (χ0) is 7.82. The van der Waals surface area contributed by atoms with Crippen LogP contribution in [0.2, 0.25) is 0 Å². The van der Waals surface area contributed by atoms with Crippen molar-refractivity contribution in [3.05, 3.63) is 0 Å². The second-order valence-corrected chi connectivity index (χ2v) is 6.20. The molecule has 1 saturated carbocycles. The number of halogens is 2. The second-order valence-electron chi connectivity index (χ2n) is 2.47. The third kappa shape index (κ3) is 7.53. The first kappa shape index (κ1) is 11.4. The molecule has 0 aromatic heterocycles. The van der Waals surface area contributed by atoms with Crippen molar-refractivity contribution in [2.75, 3.05) is 0 Å². The van der Waals surface area contributed by atoms with Gasteiger partial charge in [-0.1, -0.05) is 19.3 Å². The van der Waals surface area contributed by atoms with Gasteiger partial charge in [0.1, 0.15) is 0 Å². The van der Waals surface area contributed by atoms with E-state index in [0.29, 0.717) is 6.04 Å². The van der Waals surface area contributed by atoms with Crippen molar-refractivity contribution >= 4 is 17.0 Å². The Morgan fingerprint density at radius 1 is 1.10 bits per heavy atom. The molecule has 4 heteroatoms. The van der Waals surface area contributed by atoms with E-state index in [2.05, 4.69) is 0 Å². The van der Waals surface area contributed by atoms with Crippen LogP contribution in [0.5, 0.6) is 0 Å². The molecule has 0 bridgehead atoms. The minimum absolute atomic E-state index is 0.536. The van der Waals surface area contributed by atoms with Crippen LogP contribution in [0.1, 0.15) is 32.1 Å². The van der Waals surface area contributed by atoms with Gasteiger partial charge in [-0.05, 0) is 12.8 Å². The molecule has 1 aliphatic rings. The fourth-order valence-corrected chi connectivity index (χ4v) is 1.13. The fraction of sp³-hybridized carbons (Fsp3) is 1.00. The summed E-state index contributed by atoms with van der Waals surface area (Å²) in [6.07, 6.45) is 6.66. The Morgan fingerprint density at radius 3 is 1.70 bits per heavy atom. The second kappa shape index (κ2) is 8.52. The molecule has 0 aromatic rings. The van der Waals surface area contributed by atoms with Crippen LogP contribution in [0.25, 0.3) is 0 Å². The predicted molar refractivity (Wildman–Crippen MR) is 42.8 cm³/mol. The summed E-state index contributed by atoms with van der Waals surface area (Å²) in [5, 5.41) is 0. The van der Waals surface area contributed by atoms with Crippen molar-refractivity contribution in [2.45, 2.75) is 38.1 Å². The zero-order valence-electron chi connectivity index (χ0n) is 5.95. The first-order valence-electron chi connectivity index (χ1n) is 3.53. The molecular weight excluding hydrogens is 248 g/mol. The van der Waals surface area contributed by atoms with Gasteiger partial charge in [0.25, 0.3) is 0 Å². The molecule has 0 radical (unpaired) electrons. The van der Waals surface area contributed by atoms with Crippen LogP contribution >= 0.6 is 17.0 Å². The van der Waals surface area contributed by atoms with Gasteiger partial charge in [-0.25, -0.2) is 0 Å². The molecule has 0 aliphatic heterocycles. The van der Waals surface area contributed by atoms with Gasteiger partial charge >= 0.3 is 37.9 Å². The number of hydrogen-bond acceptors (Lipinski definition) is 1. The molecule has 0 heterocycles. The van der Waals surface area contributed by atoms with Crippen LogP contribution in [0.15, 0.2) is 0 Å². The average Bonchev–Trinajstić information content (AvgIpc) is 1.91. The van der Waals surface area contributed by atoms with Crippen molar-refractivity contribution in [2.24, 2.45) is 5.73 Å². The normalized spacial score (nSPS) is 19.1. The van der Waals surface area contributed by atoms with Crippen LogP contribution in [0.3, 0.4) is 0 Å². The standard InChI is InChI=1S/C6H13N.2ClH.Zr/c7-6-4-2-1-3-5-6;;;/h6H,1-5,7H2;2*1H;/q;;;+2/p-2. The predicted octanol–water partition coefficient (Wildman–Crippen LogP) is 2.65. The maximum atomic E-state index is 5.63. The topological polar surface area (TPSA) is 26.0 Å². The molecule has 1 fully saturated rings. The van der Waals surface area contributed by atoms with E-state index >= 15 is 0 Å². The monoisotopic (exact) mass is 259 g/mol. The molecule has 2 N–H and O–H groups in total. The summed E-state index contributed by atoms with van der Waals surface area (Å²) in [4.78, 5) is 0. The third-order valence-corrected chi connectivity index (χ3v) is 1.65. The van der Waals surface area contributed by atoms with Gasteiger partial charge in [0.15, 0.2) is 0 Å². The molecule has 0 unspecified atom stereocenters. The van der Waals surface area contributed by atoms with Gasteiger partial charge in [-0.2, -0.15) is 0 Å². The Morgan fingerprint density at radius 2 is 1.50 bits per heavy atom. The first-order chi connectivity index (χ1) is 4.81. The van der Waals surface area contributed by atoms with E-state index in [1.54, 1.807) is 0 Å². The van der Waals surface area contributed by atoms with Crippen molar-refractivity contribution in [3.63, 3.8) is 0 Å². The van der Waals surface area contributed by atoms with Crippen LogP contribution in [-0.4, -0.2) is 6.04 Å². The van der Waals surface area contributed by atoms with Gasteiger partial charge in [0, 0.05) is 6.04 Å². The van der Waals surface area contributed by atoms with Gasteiger partial charge in [-0.15, -0.1) is 0 Å². The summed E-state index contributed by atoms with van der Waals surface area (Å²) in [5.74, 6) is 0. The zero-order valence-corrected chi connectivity index (χ0v) is 9.92. The molecule has 0 aromatic carbocycles. The molecule has 0 saturated heterocycles. The molecule has 1 aliphatic carbocycles. The summed E-state index contributed by atoms with van der Waals surface area (Å²) in [6.45, 7) is 0. The van der Waals surface area contributed by atoms with Crippen LogP contribution in [0, 0.1) is 0 Å².